The molecule has 1 atom stereocenters. The molecule has 0 radical (unpaired) electrons. The predicted octanol–water partition coefficient (Wildman–Crippen LogP) is 2.29. The molecule has 0 spiro atoms. The summed E-state index contributed by atoms with van der Waals surface area (Å²) < 4.78 is 0. The van der Waals surface area contributed by atoms with Gasteiger partial charge in [0.25, 0.3) is 5.91 Å². The number of carbonyl (C=O) groups excluding carboxylic acids is 1. The van der Waals surface area contributed by atoms with Gasteiger partial charge in [0, 0.05) is 11.9 Å². The number of pyridine rings is 2. The van der Waals surface area contributed by atoms with Crippen LogP contribution in [0.5, 0.6) is 0 Å². The molecule has 0 aromatic carbocycles. The highest BCUT2D eigenvalue weighted by Crippen LogP contribution is 2.29. The van der Waals surface area contributed by atoms with Crippen LogP contribution in [0.15, 0.2) is 30.6 Å². The molecule has 2 N–H and O–H groups in total. The number of carbonyl (C=O) groups is 1. The van der Waals surface area contributed by atoms with E-state index in [1.807, 2.05) is 25.1 Å². The Morgan fingerprint density at radius 2 is 2.11 bits per heavy atom. The second-order valence-electron chi connectivity index (χ2n) is 4.30. The fraction of sp³-hybridized carbons (Fsp3) is 0.154. The summed E-state index contributed by atoms with van der Waals surface area (Å²) in [5, 5.41) is 6.33. The summed E-state index contributed by atoms with van der Waals surface area (Å²) in [5.74, 6) is -0.227. The summed E-state index contributed by atoms with van der Waals surface area (Å²) in [7, 11) is 0. The van der Waals surface area contributed by atoms with E-state index < -0.39 is 0 Å². The molecule has 3 heterocycles. The van der Waals surface area contributed by atoms with Crippen LogP contribution < -0.4 is 10.6 Å². The van der Waals surface area contributed by atoms with Crippen molar-refractivity contribution in [3.63, 3.8) is 0 Å². The Morgan fingerprint density at radius 1 is 1.26 bits per heavy atom. The number of hydrogen-bond donors (Lipinski definition) is 2. The average Bonchev–Trinajstić information content (AvgIpc) is 2.38. The molecule has 0 bridgehead atoms. The molecule has 96 valence electrons. The van der Waals surface area contributed by atoms with E-state index in [0.29, 0.717) is 16.3 Å². The van der Waals surface area contributed by atoms with E-state index in [2.05, 4.69) is 20.6 Å². The van der Waals surface area contributed by atoms with Crippen LogP contribution in [0.2, 0.25) is 5.02 Å². The molecule has 19 heavy (non-hydrogen) atoms. The van der Waals surface area contributed by atoms with Crippen molar-refractivity contribution in [3.8, 4) is 0 Å². The second-order valence-corrected chi connectivity index (χ2v) is 4.71. The van der Waals surface area contributed by atoms with Crippen LogP contribution in [0.25, 0.3) is 0 Å². The van der Waals surface area contributed by atoms with Gasteiger partial charge >= 0.3 is 0 Å². The van der Waals surface area contributed by atoms with Gasteiger partial charge in [0.15, 0.2) is 0 Å². The third-order valence-corrected chi connectivity index (χ3v) is 3.19. The Bertz CT molecular complexity index is 659. The summed E-state index contributed by atoms with van der Waals surface area (Å²) in [6, 6.07) is 5.66. The maximum absolute atomic E-state index is 12.1. The first-order valence-electron chi connectivity index (χ1n) is 5.79. The zero-order valence-corrected chi connectivity index (χ0v) is 10.9. The highest BCUT2D eigenvalue weighted by atomic mass is 35.5. The lowest BCUT2D eigenvalue weighted by Gasteiger charge is -2.27. The number of nitrogens with one attached hydrogen (secondary N) is 2. The van der Waals surface area contributed by atoms with E-state index in [4.69, 9.17) is 11.6 Å². The van der Waals surface area contributed by atoms with Crippen molar-refractivity contribution >= 4 is 23.2 Å². The van der Waals surface area contributed by atoms with Gasteiger partial charge in [-0.25, -0.2) is 0 Å². The van der Waals surface area contributed by atoms with Gasteiger partial charge in [0.05, 0.1) is 28.2 Å². The van der Waals surface area contributed by atoms with Gasteiger partial charge in [-0.05, 0) is 19.1 Å². The number of fused-ring (bicyclic) bond motifs is 1. The summed E-state index contributed by atoms with van der Waals surface area (Å²) >= 11 is 5.98. The first-order valence-corrected chi connectivity index (χ1v) is 6.17. The molecule has 1 aliphatic rings. The second kappa shape index (κ2) is 4.51. The number of halogens is 1. The smallest absolute Gasteiger partial charge is 0.256 e. The summed E-state index contributed by atoms with van der Waals surface area (Å²) in [6.07, 6.45) is 2.66. The molecule has 1 amide bonds. The van der Waals surface area contributed by atoms with Gasteiger partial charge in [-0.15, -0.1) is 0 Å². The summed E-state index contributed by atoms with van der Waals surface area (Å²) in [4.78, 5) is 20.5. The topological polar surface area (TPSA) is 66.9 Å². The van der Waals surface area contributed by atoms with Crippen LogP contribution in [-0.4, -0.2) is 15.9 Å². The van der Waals surface area contributed by atoms with Gasteiger partial charge in [0.1, 0.15) is 6.17 Å². The van der Waals surface area contributed by atoms with E-state index in [9.17, 15) is 4.79 Å². The quantitative estimate of drug-likeness (QED) is 0.837. The molecule has 0 fully saturated rings. The standard InChI is InChI=1S/C13H11ClN4O/c1-7-3-2-4-9(16-7)12-17-10-6-15-5-8(14)11(10)13(19)18-12/h2-6,12,17H,1H3,(H,18,19). The Hall–Kier alpha value is -2.14. The summed E-state index contributed by atoms with van der Waals surface area (Å²) in [6.45, 7) is 1.90. The van der Waals surface area contributed by atoms with E-state index in [-0.39, 0.29) is 12.1 Å². The molecular formula is C13H11ClN4O. The van der Waals surface area contributed by atoms with E-state index in [1.165, 1.54) is 6.20 Å². The maximum Gasteiger partial charge on any atom is 0.256 e. The van der Waals surface area contributed by atoms with Crippen molar-refractivity contribution < 1.29 is 4.79 Å². The zero-order chi connectivity index (χ0) is 13.4. The van der Waals surface area contributed by atoms with E-state index in [1.54, 1.807) is 6.20 Å². The lowest BCUT2D eigenvalue weighted by atomic mass is 10.1. The molecule has 3 rings (SSSR count). The lowest BCUT2D eigenvalue weighted by Crippen LogP contribution is -2.39. The van der Waals surface area contributed by atoms with Crippen molar-refractivity contribution in [2.75, 3.05) is 5.32 Å². The first kappa shape index (κ1) is 11.9. The number of aromatic nitrogens is 2. The Morgan fingerprint density at radius 3 is 2.89 bits per heavy atom. The Balaban J connectivity index is 2.00. The van der Waals surface area contributed by atoms with Gasteiger partial charge < -0.3 is 10.6 Å². The van der Waals surface area contributed by atoms with Crippen molar-refractivity contribution in [1.82, 2.24) is 15.3 Å². The van der Waals surface area contributed by atoms with Gasteiger partial charge in [-0.2, -0.15) is 0 Å². The Labute approximate surface area is 115 Å². The van der Waals surface area contributed by atoms with Crippen molar-refractivity contribution in [1.29, 1.82) is 0 Å². The van der Waals surface area contributed by atoms with E-state index >= 15 is 0 Å². The minimum atomic E-state index is -0.375. The van der Waals surface area contributed by atoms with Crippen LogP contribution in [0.4, 0.5) is 5.69 Å². The molecule has 1 unspecified atom stereocenters. The minimum Gasteiger partial charge on any atom is -0.358 e. The molecular weight excluding hydrogens is 264 g/mol. The van der Waals surface area contributed by atoms with Crippen LogP contribution in [0.1, 0.15) is 27.9 Å². The first-order chi connectivity index (χ1) is 9.15. The monoisotopic (exact) mass is 274 g/mol. The molecule has 5 nitrogen and oxygen atoms in total. The van der Waals surface area contributed by atoms with Gasteiger partial charge in [-0.1, -0.05) is 17.7 Å². The fourth-order valence-electron chi connectivity index (χ4n) is 2.04. The van der Waals surface area contributed by atoms with Crippen LogP contribution in [-0.2, 0) is 0 Å². The van der Waals surface area contributed by atoms with Crippen LogP contribution >= 0.6 is 11.6 Å². The van der Waals surface area contributed by atoms with E-state index in [0.717, 1.165) is 11.4 Å². The van der Waals surface area contributed by atoms with Gasteiger partial charge in [-0.3, -0.25) is 14.8 Å². The van der Waals surface area contributed by atoms with Crippen molar-refractivity contribution in [2.45, 2.75) is 13.1 Å². The van der Waals surface area contributed by atoms with Crippen LogP contribution in [0, 0.1) is 6.92 Å². The molecule has 1 aliphatic heterocycles. The molecule has 2 aromatic heterocycles. The third-order valence-electron chi connectivity index (χ3n) is 2.91. The molecule has 0 aliphatic carbocycles. The molecule has 0 saturated carbocycles. The number of hydrogen-bond acceptors (Lipinski definition) is 4. The molecule has 2 aromatic rings. The molecule has 0 saturated heterocycles. The molecule has 6 heteroatoms. The fourth-order valence-corrected chi connectivity index (χ4v) is 2.29. The highest BCUT2D eigenvalue weighted by Gasteiger charge is 2.27. The third kappa shape index (κ3) is 2.13. The van der Waals surface area contributed by atoms with Crippen molar-refractivity contribution in [2.24, 2.45) is 0 Å². The number of aryl methyl sites for hydroxylation is 1. The maximum atomic E-state index is 12.1. The SMILES string of the molecule is Cc1cccc(C2NC(=O)c3c(Cl)cncc3N2)n1. The Kier molecular flexibility index (Phi) is 2.83. The number of anilines is 1. The lowest BCUT2D eigenvalue weighted by molar-refractivity contribution is 0.0935. The zero-order valence-electron chi connectivity index (χ0n) is 10.1. The number of amides is 1. The number of rotatable bonds is 1. The normalized spacial score (nSPS) is 17.4. The predicted molar refractivity (Wildman–Crippen MR) is 72.1 cm³/mol. The van der Waals surface area contributed by atoms with Gasteiger partial charge in [0.2, 0.25) is 0 Å². The van der Waals surface area contributed by atoms with Crippen molar-refractivity contribution in [3.05, 3.63) is 52.6 Å². The van der Waals surface area contributed by atoms with Crippen LogP contribution in [0.3, 0.4) is 0 Å². The number of nitrogens with zero attached hydrogens (tertiary/aromatic N) is 2. The minimum absolute atomic E-state index is 0.227. The largest absolute Gasteiger partial charge is 0.358 e. The average molecular weight is 275 g/mol. The highest BCUT2D eigenvalue weighted by molar-refractivity contribution is 6.34. The summed E-state index contributed by atoms with van der Waals surface area (Å²) in [5.41, 5.74) is 2.67.